The summed E-state index contributed by atoms with van der Waals surface area (Å²) in [5.41, 5.74) is 0. The van der Waals surface area contributed by atoms with Crippen LogP contribution in [0.2, 0.25) is 0 Å². The van der Waals surface area contributed by atoms with Gasteiger partial charge >= 0.3 is 0 Å². The number of nitrogens with zero attached hydrogens (tertiary/aromatic N) is 1. The maximum atomic E-state index is 10.9. The lowest BCUT2D eigenvalue weighted by molar-refractivity contribution is -0.121. The normalized spacial score (nSPS) is 9.27. The molecule has 0 spiro atoms. The van der Waals surface area contributed by atoms with E-state index in [0.29, 0.717) is 13.0 Å². The SMILES string of the molecule is C#CCNC(=O)CCN(C)C. The smallest absolute Gasteiger partial charge is 0.222 e. The van der Waals surface area contributed by atoms with Crippen LogP contribution >= 0.6 is 0 Å². The van der Waals surface area contributed by atoms with Crippen molar-refractivity contribution in [3.63, 3.8) is 0 Å². The highest BCUT2D eigenvalue weighted by atomic mass is 16.1. The van der Waals surface area contributed by atoms with Crippen molar-refractivity contribution in [3.05, 3.63) is 0 Å². The largest absolute Gasteiger partial charge is 0.345 e. The Morgan fingerprint density at radius 3 is 2.73 bits per heavy atom. The second-order valence-electron chi connectivity index (χ2n) is 2.53. The summed E-state index contributed by atoms with van der Waals surface area (Å²) < 4.78 is 0. The second-order valence-corrected chi connectivity index (χ2v) is 2.53. The van der Waals surface area contributed by atoms with Crippen LogP contribution in [0.15, 0.2) is 0 Å². The summed E-state index contributed by atoms with van der Waals surface area (Å²) in [5, 5.41) is 2.59. The van der Waals surface area contributed by atoms with Crippen LogP contribution in [0.1, 0.15) is 6.42 Å². The van der Waals surface area contributed by atoms with Gasteiger partial charge in [-0.2, -0.15) is 0 Å². The molecule has 0 aromatic heterocycles. The molecule has 0 heterocycles. The zero-order chi connectivity index (χ0) is 8.69. The maximum absolute atomic E-state index is 10.9. The first-order valence-corrected chi connectivity index (χ1v) is 3.51. The van der Waals surface area contributed by atoms with Crippen molar-refractivity contribution in [3.8, 4) is 12.3 Å². The first kappa shape index (κ1) is 9.99. The van der Waals surface area contributed by atoms with E-state index in [1.54, 1.807) is 0 Å². The van der Waals surface area contributed by atoms with Gasteiger partial charge in [-0.05, 0) is 14.1 Å². The number of amides is 1. The summed E-state index contributed by atoms with van der Waals surface area (Å²) in [5.74, 6) is 2.35. The summed E-state index contributed by atoms with van der Waals surface area (Å²) in [6, 6.07) is 0. The molecule has 3 heteroatoms. The Hall–Kier alpha value is -1.01. The monoisotopic (exact) mass is 154 g/mol. The van der Waals surface area contributed by atoms with E-state index in [1.165, 1.54) is 0 Å². The van der Waals surface area contributed by atoms with E-state index in [9.17, 15) is 4.79 Å². The minimum Gasteiger partial charge on any atom is -0.345 e. The van der Waals surface area contributed by atoms with Crippen LogP contribution in [0.3, 0.4) is 0 Å². The third kappa shape index (κ3) is 6.88. The van der Waals surface area contributed by atoms with Gasteiger partial charge in [0, 0.05) is 13.0 Å². The Morgan fingerprint density at radius 2 is 2.27 bits per heavy atom. The predicted molar refractivity (Wildman–Crippen MR) is 45.0 cm³/mol. The highest BCUT2D eigenvalue weighted by Gasteiger charge is 1.98. The van der Waals surface area contributed by atoms with Gasteiger partial charge < -0.3 is 10.2 Å². The quantitative estimate of drug-likeness (QED) is 0.563. The molecule has 0 aliphatic carbocycles. The predicted octanol–water partition coefficient (Wildman–Crippen LogP) is -0.312. The van der Waals surface area contributed by atoms with Gasteiger partial charge in [-0.3, -0.25) is 4.79 Å². The molecule has 1 amide bonds. The van der Waals surface area contributed by atoms with E-state index in [2.05, 4.69) is 11.2 Å². The van der Waals surface area contributed by atoms with Gasteiger partial charge in [-0.1, -0.05) is 5.92 Å². The summed E-state index contributed by atoms with van der Waals surface area (Å²) in [4.78, 5) is 12.8. The molecule has 0 aromatic carbocycles. The third-order valence-electron chi connectivity index (χ3n) is 1.17. The van der Waals surface area contributed by atoms with Crippen molar-refractivity contribution in [2.75, 3.05) is 27.2 Å². The molecule has 1 N–H and O–H groups in total. The molecule has 62 valence electrons. The van der Waals surface area contributed by atoms with Crippen LogP contribution < -0.4 is 5.32 Å². The number of rotatable bonds is 4. The van der Waals surface area contributed by atoms with Crippen LogP contribution in [0.4, 0.5) is 0 Å². The Balaban J connectivity index is 3.32. The van der Waals surface area contributed by atoms with Gasteiger partial charge in [0.25, 0.3) is 0 Å². The van der Waals surface area contributed by atoms with Crippen molar-refractivity contribution in [1.82, 2.24) is 10.2 Å². The number of terminal acetylenes is 1. The van der Waals surface area contributed by atoms with Crippen LogP contribution in [-0.2, 0) is 4.79 Å². The molecule has 0 fully saturated rings. The zero-order valence-corrected chi connectivity index (χ0v) is 7.05. The van der Waals surface area contributed by atoms with E-state index in [4.69, 9.17) is 6.42 Å². The number of carbonyl (C=O) groups excluding carboxylic acids is 1. The van der Waals surface area contributed by atoms with Gasteiger partial charge in [0.15, 0.2) is 0 Å². The number of hydrogen-bond acceptors (Lipinski definition) is 2. The van der Waals surface area contributed by atoms with E-state index >= 15 is 0 Å². The van der Waals surface area contributed by atoms with Crippen LogP contribution in [-0.4, -0.2) is 38.0 Å². The van der Waals surface area contributed by atoms with E-state index < -0.39 is 0 Å². The van der Waals surface area contributed by atoms with Crippen LogP contribution in [0.5, 0.6) is 0 Å². The van der Waals surface area contributed by atoms with Crippen LogP contribution in [0.25, 0.3) is 0 Å². The molecule has 0 unspecified atom stereocenters. The topological polar surface area (TPSA) is 32.3 Å². The highest BCUT2D eigenvalue weighted by Crippen LogP contribution is 1.81. The van der Waals surface area contributed by atoms with Crippen molar-refractivity contribution < 1.29 is 4.79 Å². The van der Waals surface area contributed by atoms with Crippen molar-refractivity contribution in [2.45, 2.75) is 6.42 Å². The van der Waals surface area contributed by atoms with Crippen molar-refractivity contribution in [1.29, 1.82) is 0 Å². The molecule has 0 rings (SSSR count). The first-order chi connectivity index (χ1) is 5.16. The third-order valence-corrected chi connectivity index (χ3v) is 1.17. The minimum atomic E-state index is 0.0108. The Morgan fingerprint density at radius 1 is 1.64 bits per heavy atom. The Kier molecular flexibility index (Phi) is 5.22. The molecule has 0 saturated heterocycles. The zero-order valence-electron chi connectivity index (χ0n) is 7.05. The second kappa shape index (κ2) is 5.75. The van der Waals surface area contributed by atoms with E-state index in [-0.39, 0.29) is 5.91 Å². The summed E-state index contributed by atoms with van der Waals surface area (Å²) in [6.45, 7) is 1.09. The number of hydrogen-bond donors (Lipinski definition) is 1. The maximum Gasteiger partial charge on any atom is 0.222 e. The fourth-order valence-electron chi connectivity index (χ4n) is 0.563. The van der Waals surface area contributed by atoms with Gasteiger partial charge in [-0.25, -0.2) is 0 Å². The van der Waals surface area contributed by atoms with Crippen molar-refractivity contribution in [2.24, 2.45) is 0 Å². The molecule has 0 aliphatic rings. The average molecular weight is 154 g/mol. The minimum absolute atomic E-state index is 0.0108. The summed E-state index contributed by atoms with van der Waals surface area (Å²) >= 11 is 0. The van der Waals surface area contributed by atoms with E-state index in [1.807, 2.05) is 19.0 Å². The van der Waals surface area contributed by atoms with E-state index in [0.717, 1.165) is 6.54 Å². The fraction of sp³-hybridized carbons (Fsp3) is 0.625. The van der Waals surface area contributed by atoms with Gasteiger partial charge in [-0.15, -0.1) is 6.42 Å². The summed E-state index contributed by atoms with van der Waals surface area (Å²) in [6.07, 6.45) is 5.47. The lowest BCUT2D eigenvalue weighted by Gasteiger charge is -2.07. The Labute approximate surface area is 67.8 Å². The standard InChI is InChI=1S/C8H14N2O/c1-4-6-9-8(11)5-7-10(2)3/h1H,5-7H2,2-3H3,(H,9,11). The molecule has 0 atom stereocenters. The molecular formula is C8H14N2O. The molecule has 0 radical (unpaired) electrons. The van der Waals surface area contributed by atoms with Gasteiger partial charge in [0.2, 0.25) is 5.91 Å². The molecule has 11 heavy (non-hydrogen) atoms. The number of carbonyl (C=O) groups is 1. The lowest BCUT2D eigenvalue weighted by Crippen LogP contribution is -2.27. The highest BCUT2D eigenvalue weighted by molar-refractivity contribution is 5.76. The summed E-state index contributed by atoms with van der Waals surface area (Å²) in [7, 11) is 3.85. The van der Waals surface area contributed by atoms with Crippen LogP contribution in [0, 0.1) is 12.3 Å². The molecule has 0 bridgehead atoms. The average Bonchev–Trinajstić information content (AvgIpc) is 1.97. The molecule has 0 aliphatic heterocycles. The molecule has 0 aromatic rings. The lowest BCUT2D eigenvalue weighted by atomic mass is 10.4. The molecular weight excluding hydrogens is 140 g/mol. The molecule has 3 nitrogen and oxygen atoms in total. The molecule has 0 saturated carbocycles. The van der Waals surface area contributed by atoms with Gasteiger partial charge in [0.1, 0.15) is 0 Å². The first-order valence-electron chi connectivity index (χ1n) is 3.51. The number of nitrogens with one attached hydrogen (secondary N) is 1. The van der Waals surface area contributed by atoms with Crippen molar-refractivity contribution >= 4 is 5.91 Å². The van der Waals surface area contributed by atoms with Gasteiger partial charge in [0.05, 0.1) is 6.54 Å². The Bertz CT molecular complexity index is 158. The fourth-order valence-corrected chi connectivity index (χ4v) is 0.563.